The number of ether oxygens (including phenoxy) is 3. The van der Waals surface area contributed by atoms with Crippen LogP contribution in [0.25, 0.3) is 11.4 Å². The largest absolute Gasteiger partial charge is 0.505 e. The van der Waals surface area contributed by atoms with Crippen LogP contribution in [0.1, 0.15) is 52.2 Å². The highest BCUT2D eigenvalue weighted by atomic mass is 32.1. The molecule has 0 spiro atoms. The number of fused-ring (bicyclic) bond motifs is 1. The summed E-state index contributed by atoms with van der Waals surface area (Å²) in [6.07, 6.45) is 3.16. The van der Waals surface area contributed by atoms with Crippen LogP contribution < -0.4 is 14.4 Å². The highest BCUT2D eigenvalue weighted by molar-refractivity contribution is 7.17. The van der Waals surface area contributed by atoms with Gasteiger partial charge in [0.15, 0.2) is 22.4 Å². The minimum absolute atomic E-state index is 0.00105. The van der Waals surface area contributed by atoms with Gasteiger partial charge in [0.05, 0.1) is 36.2 Å². The molecular weight excluding hydrogens is 572 g/mol. The van der Waals surface area contributed by atoms with Gasteiger partial charge in [-0.3, -0.25) is 18.9 Å². The molecule has 3 aromatic heterocycles. The van der Waals surface area contributed by atoms with Crippen LogP contribution in [0.5, 0.6) is 11.5 Å². The van der Waals surface area contributed by atoms with Crippen molar-refractivity contribution in [3.05, 3.63) is 88.3 Å². The van der Waals surface area contributed by atoms with Gasteiger partial charge in [0, 0.05) is 6.20 Å². The number of nitrogens with zero attached hydrogens (tertiary/aromatic N) is 4. The van der Waals surface area contributed by atoms with Crippen LogP contribution in [0.4, 0.5) is 5.13 Å². The molecule has 0 bridgehead atoms. The lowest BCUT2D eigenvalue weighted by atomic mass is 9.96. The normalized spacial score (nSPS) is 16.1. The minimum atomic E-state index is -1.12. The lowest BCUT2D eigenvalue weighted by Gasteiger charge is -2.24. The number of thiazole rings is 1. The van der Waals surface area contributed by atoms with E-state index >= 15 is 0 Å². The topological polar surface area (TPSA) is 133 Å². The van der Waals surface area contributed by atoms with E-state index in [1.54, 1.807) is 54.8 Å². The predicted octanol–water partition coefficient (Wildman–Crippen LogP) is 5.17. The van der Waals surface area contributed by atoms with Gasteiger partial charge < -0.3 is 19.3 Å². The fourth-order valence-electron chi connectivity index (χ4n) is 4.98. The number of hydrogen-bond donors (Lipinski definition) is 1. The Morgan fingerprint density at radius 2 is 1.81 bits per heavy atom. The number of Topliss-reactive ketones (excluding diaryl/α,β-unsaturated/α-hetero) is 1. The van der Waals surface area contributed by atoms with E-state index in [0.29, 0.717) is 47.3 Å². The second kappa shape index (κ2) is 12.1. The number of ketones is 1. The number of aryl methyl sites for hydroxylation is 2. The zero-order chi connectivity index (χ0) is 30.8. The first-order valence-electron chi connectivity index (χ1n) is 13.6. The molecule has 1 aliphatic rings. The molecule has 5 rings (SSSR count). The second-order valence-electron chi connectivity index (χ2n) is 9.51. The van der Waals surface area contributed by atoms with E-state index in [-0.39, 0.29) is 27.9 Å². The minimum Gasteiger partial charge on any atom is -0.505 e. The molecule has 0 aliphatic carbocycles. The summed E-state index contributed by atoms with van der Waals surface area (Å²) in [4.78, 5) is 50.6. The zero-order valence-corrected chi connectivity index (χ0v) is 24.9. The number of rotatable bonds is 10. The van der Waals surface area contributed by atoms with E-state index in [0.717, 1.165) is 11.3 Å². The number of pyridine rings is 1. The summed E-state index contributed by atoms with van der Waals surface area (Å²) < 4.78 is 18.4. The van der Waals surface area contributed by atoms with E-state index in [1.165, 1.54) is 11.0 Å². The molecule has 0 radical (unpaired) electrons. The number of esters is 1. The molecular formula is C31H30N4O7S. The Balaban J connectivity index is 1.74. The van der Waals surface area contributed by atoms with E-state index < -0.39 is 29.5 Å². The first-order chi connectivity index (χ1) is 20.7. The van der Waals surface area contributed by atoms with Gasteiger partial charge >= 0.3 is 11.9 Å². The average Bonchev–Trinajstić information content (AvgIpc) is 3.62. The molecule has 0 saturated carbocycles. The summed E-state index contributed by atoms with van der Waals surface area (Å²) in [5.74, 6) is -1.96. The molecule has 43 heavy (non-hydrogen) atoms. The number of hydrogen-bond acceptors (Lipinski definition) is 10. The van der Waals surface area contributed by atoms with E-state index in [2.05, 4.69) is 16.5 Å². The Bertz CT molecular complexity index is 1790. The standard InChI is InChI=1S/C31H30N4O7S/c1-6-15-42-30(39)28-18(5)33-31(43-28)35-25(19-12-13-20(40-7-2)21(16-19)41-8-3)23(27(37)29(35)38)26(36)24-17(4)32-22-11-9-10-14-34(22)24/h6,9-14,16,25,36H,1,7-8,15H2,2-5H3/b26-23+. The molecule has 222 valence electrons. The molecule has 12 heteroatoms. The number of amides is 1. The number of benzene rings is 1. The van der Waals surface area contributed by atoms with Gasteiger partial charge in [-0.1, -0.05) is 36.1 Å². The van der Waals surface area contributed by atoms with E-state index in [4.69, 9.17) is 14.2 Å². The van der Waals surface area contributed by atoms with Crippen molar-refractivity contribution in [2.24, 2.45) is 0 Å². The SMILES string of the molecule is C=CCOC(=O)c1sc(N2C(=O)C(=O)/C(=C(/O)c3c(C)nc4ccccn34)C2c2ccc(OCC)c(OCC)c2)nc1C. The fourth-order valence-corrected chi connectivity index (χ4v) is 5.97. The Morgan fingerprint density at radius 1 is 1.07 bits per heavy atom. The molecule has 4 aromatic rings. The summed E-state index contributed by atoms with van der Waals surface area (Å²) in [5, 5.41) is 11.9. The summed E-state index contributed by atoms with van der Waals surface area (Å²) in [6.45, 7) is 11.3. The van der Waals surface area contributed by atoms with E-state index in [1.807, 2.05) is 19.9 Å². The molecule has 1 aliphatic heterocycles. The van der Waals surface area contributed by atoms with Gasteiger partial charge in [0.2, 0.25) is 0 Å². The van der Waals surface area contributed by atoms with Crippen LogP contribution in [0.3, 0.4) is 0 Å². The summed E-state index contributed by atoms with van der Waals surface area (Å²) >= 11 is 0.917. The fraction of sp³-hybridized carbons (Fsp3) is 0.258. The average molecular weight is 603 g/mol. The highest BCUT2D eigenvalue weighted by Crippen LogP contribution is 2.46. The third kappa shape index (κ3) is 5.25. The maximum Gasteiger partial charge on any atom is 0.350 e. The molecule has 1 atom stereocenters. The first-order valence-corrected chi connectivity index (χ1v) is 14.4. The summed E-state index contributed by atoms with van der Waals surface area (Å²) in [5.41, 5.74) is 1.93. The zero-order valence-electron chi connectivity index (χ0n) is 24.1. The number of carbonyl (C=O) groups excluding carboxylic acids is 3. The van der Waals surface area contributed by atoms with Crippen molar-refractivity contribution < 1.29 is 33.7 Å². The van der Waals surface area contributed by atoms with Crippen molar-refractivity contribution in [3.63, 3.8) is 0 Å². The van der Waals surface area contributed by atoms with Crippen LogP contribution >= 0.6 is 11.3 Å². The lowest BCUT2D eigenvalue weighted by molar-refractivity contribution is -0.132. The number of carbonyl (C=O) groups is 3. The molecule has 4 heterocycles. The predicted molar refractivity (Wildman–Crippen MR) is 161 cm³/mol. The summed E-state index contributed by atoms with van der Waals surface area (Å²) in [7, 11) is 0. The highest BCUT2D eigenvalue weighted by Gasteiger charge is 2.49. The molecule has 11 nitrogen and oxygen atoms in total. The molecule has 1 aromatic carbocycles. The Morgan fingerprint density at radius 3 is 2.53 bits per heavy atom. The van der Waals surface area contributed by atoms with E-state index in [9.17, 15) is 19.5 Å². The summed E-state index contributed by atoms with van der Waals surface area (Å²) in [6, 6.07) is 9.29. The molecule has 1 amide bonds. The first kappa shape index (κ1) is 29.5. The Kier molecular flexibility index (Phi) is 8.31. The number of aromatic nitrogens is 3. The lowest BCUT2D eigenvalue weighted by Crippen LogP contribution is -2.29. The second-order valence-corrected chi connectivity index (χ2v) is 10.5. The van der Waals surface area contributed by atoms with Crippen molar-refractivity contribution >= 4 is 45.5 Å². The third-order valence-corrected chi connectivity index (χ3v) is 7.90. The molecule has 1 N–H and O–H groups in total. The number of imidazole rings is 1. The smallest absolute Gasteiger partial charge is 0.350 e. The Labute approximate surface area is 251 Å². The molecule has 1 saturated heterocycles. The van der Waals surface area contributed by atoms with Crippen molar-refractivity contribution in [2.75, 3.05) is 24.7 Å². The van der Waals surface area contributed by atoms with Crippen molar-refractivity contribution in [1.82, 2.24) is 14.4 Å². The monoisotopic (exact) mass is 602 g/mol. The van der Waals surface area contributed by atoms with Crippen molar-refractivity contribution in [1.29, 1.82) is 0 Å². The maximum absolute atomic E-state index is 13.8. The molecule has 1 unspecified atom stereocenters. The quantitative estimate of drug-likeness (QED) is 0.0858. The molecule has 1 fully saturated rings. The van der Waals surface area contributed by atoms with Crippen LogP contribution in [0.15, 0.2) is 60.8 Å². The number of anilines is 1. The number of aliphatic hydroxyl groups excluding tert-OH is 1. The van der Waals surface area contributed by atoms with Crippen molar-refractivity contribution in [2.45, 2.75) is 33.7 Å². The van der Waals surface area contributed by atoms with Crippen LogP contribution in [-0.4, -0.2) is 57.0 Å². The maximum atomic E-state index is 13.8. The van der Waals surface area contributed by atoms with Gasteiger partial charge in [-0.2, -0.15) is 0 Å². The third-order valence-electron chi connectivity index (χ3n) is 6.77. The van der Waals surface area contributed by atoms with Crippen molar-refractivity contribution in [3.8, 4) is 11.5 Å². The van der Waals surface area contributed by atoms with Gasteiger partial charge in [-0.15, -0.1) is 0 Å². The Hall–Kier alpha value is -4.97. The van der Waals surface area contributed by atoms with Crippen LogP contribution in [0.2, 0.25) is 0 Å². The van der Waals surface area contributed by atoms with Gasteiger partial charge in [-0.25, -0.2) is 14.8 Å². The van der Waals surface area contributed by atoms with Crippen LogP contribution in [-0.2, 0) is 14.3 Å². The van der Waals surface area contributed by atoms with Crippen LogP contribution in [0, 0.1) is 13.8 Å². The van der Waals surface area contributed by atoms with Gasteiger partial charge in [0.25, 0.3) is 5.78 Å². The number of aliphatic hydroxyl groups is 1. The van der Waals surface area contributed by atoms with Gasteiger partial charge in [-0.05, 0) is 57.5 Å². The van der Waals surface area contributed by atoms with Gasteiger partial charge in [0.1, 0.15) is 22.8 Å².